The molecular weight excluding hydrogens is 520 g/mol. The van der Waals surface area contributed by atoms with Crippen molar-refractivity contribution in [2.24, 2.45) is 0 Å². The lowest BCUT2D eigenvalue weighted by molar-refractivity contribution is -0.705. The highest BCUT2D eigenvalue weighted by atomic mass is 32.2. The first-order valence-corrected chi connectivity index (χ1v) is 13.2. The Bertz CT molecular complexity index is 1320. The Kier molecular flexibility index (Phi) is 8.03. The number of aromatic nitrogens is 2. The van der Waals surface area contributed by atoms with Crippen molar-refractivity contribution >= 4 is 45.9 Å². The molecule has 11 nitrogen and oxygen atoms in total. The molecular formula is C24H26N4O7S2. The van der Waals surface area contributed by atoms with Gasteiger partial charge in [0.25, 0.3) is 5.03 Å². The van der Waals surface area contributed by atoms with Crippen LogP contribution in [-0.2, 0) is 27.3 Å². The van der Waals surface area contributed by atoms with Crippen molar-refractivity contribution in [2.45, 2.75) is 43.5 Å². The fourth-order valence-corrected chi connectivity index (χ4v) is 6.18. The topological polar surface area (TPSA) is 138 Å². The van der Waals surface area contributed by atoms with E-state index in [2.05, 4.69) is 10.6 Å². The monoisotopic (exact) mass is 546 g/mol. The van der Waals surface area contributed by atoms with Gasteiger partial charge in [-0.05, 0) is 47.0 Å². The van der Waals surface area contributed by atoms with Crippen LogP contribution in [-0.4, -0.2) is 54.0 Å². The van der Waals surface area contributed by atoms with Crippen LogP contribution in [0.5, 0.6) is 11.7 Å². The molecule has 2 amide bonds. The van der Waals surface area contributed by atoms with Crippen molar-refractivity contribution < 1.29 is 38.2 Å². The van der Waals surface area contributed by atoms with Gasteiger partial charge < -0.3 is 29.3 Å². The minimum Gasteiger partial charge on any atom is -0.538 e. The second-order valence-corrected chi connectivity index (χ2v) is 10.5. The first kappa shape index (κ1) is 26.5. The van der Waals surface area contributed by atoms with Gasteiger partial charge in [0.15, 0.2) is 5.95 Å². The Morgan fingerprint density at radius 2 is 2.03 bits per heavy atom. The number of esters is 1. The zero-order valence-electron chi connectivity index (χ0n) is 20.7. The molecule has 1 atom stereocenters. The summed E-state index contributed by atoms with van der Waals surface area (Å²) in [5, 5.41) is 19.0. The number of ether oxygens (including phenoxy) is 2. The number of hydrogen-bond acceptors (Lipinski definition) is 10. The lowest BCUT2D eigenvalue weighted by atomic mass is 10.0. The van der Waals surface area contributed by atoms with E-state index in [-0.39, 0.29) is 16.8 Å². The lowest BCUT2D eigenvalue weighted by Crippen LogP contribution is -2.36. The van der Waals surface area contributed by atoms with Crippen LogP contribution in [0, 0.1) is 0 Å². The number of benzene rings is 1. The molecule has 13 heteroatoms. The molecule has 0 bridgehead atoms. The molecule has 1 aliphatic rings. The molecule has 1 N–H and O–H groups in total. The molecule has 4 rings (SSSR count). The first-order valence-electron chi connectivity index (χ1n) is 11.5. The molecule has 196 valence electrons. The van der Waals surface area contributed by atoms with Crippen molar-refractivity contribution in [1.82, 2.24) is 10.2 Å². The number of carbonyl (C=O) groups is 3. The summed E-state index contributed by atoms with van der Waals surface area (Å²) in [5.74, 6) is -1.02. The maximum absolute atomic E-state index is 13.3. The Morgan fingerprint density at radius 1 is 1.30 bits per heavy atom. The fraction of sp³-hybridized carbons (Fsp3) is 0.375. The zero-order chi connectivity index (χ0) is 26.7. The van der Waals surface area contributed by atoms with E-state index >= 15 is 0 Å². The molecule has 2 aromatic heterocycles. The largest absolute Gasteiger partial charge is 0.538 e. The molecule has 1 aromatic carbocycles. The second kappa shape index (κ2) is 11.2. The summed E-state index contributed by atoms with van der Waals surface area (Å²) >= 11 is 2.28. The van der Waals surface area contributed by atoms with Crippen molar-refractivity contribution in [3.8, 4) is 17.4 Å². The number of hydrogen-bond donors (Lipinski definition) is 1. The highest BCUT2D eigenvalue weighted by Crippen LogP contribution is 2.38. The first-order chi connectivity index (χ1) is 17.8. The maximum atomic E-state index is 13.3. The molecule has 0 aliphatic carbocycles. The quantitative estimate of drug-likeness (QED) is 0.256. The summed E-state index contributed by atoms with van der Waals surface area (Å²) in [6.07, 6.45) is 0.875. The normalized spacial score (nSPS) is 13.6. The third-order valence-corrected chi connectivity index (χ3v) is 8.46. The van der Waals surface area contributed by atoms with Crippen molar-refractivity contribution in [1.29, 1.82) is 0 Å². The summed E-state index contributed by atoms with van der Waals surface area (Å²) < 4.78 is 16.4. The van der Waals surface area contributed by atoms with E-state index in [1.54, 1.807) is 36.3 Å². The smallest absolute Gasteiger partial charge is 0.341 e. The van der Waals surface area contributed by atoms with Gasteiger partial charge in [0, 0.05) is 30.5 Å². The third-order valence-electron chi connectivity index (χ3n) is 5.93. The fourth-order valence-electron chi connectivity index (χ4n) is 3.95. The molecule has 1 unspecified atom stereocenters. The summed E-state index contributed by atoms with van der Waals surface area (Å²) in [5.41, 5.74) is 1.66. The van der Waals surface area contributed by atoms with Gasteiger partial charge in [-0.15, -0.1) is 11.3 Å². The molecule has 0 radical (unpaired) electrons. The number of nitrogens with one attached hydrogen (secondary N) is 1. The number of fused-ring (bicyclic) bond motifs is 1. The maximum Gasteiger partial charge on any atom is 0.341 e. The van der Waals surface area contributed by atoms with Gasteiger partial charge >= 0.3 is 5.97 Å². The van der Waals surface area contributed by atoms with E-state index in [4.69, 9.17) is 14.0 Å². The van der Waals surface area contributed by atoms with Crippen LogP contribution >= 0.6 is 23.1 Å². The van der Waals surface area contributed by atoms with E-state index in [0.29, 0.717) is 47.9 Å². The average molecular weight is 547 g/mol. The van der Waals surface area contributed by atoms with Gasteiger partial charge in [-0.25, -0.2) is 4.79 Å². The third kappa shape index (κ3) is 5.42. The number of anilines is 1. The number of carbonyl (C=O) groups excluding carboxylic acids is 3. The highest BCUT2D eigenvalue weighted by Gasteiger charge is 2.33. The van der Waals surface area contributed by atoms with Crippen molar-refractivity contribution in [2.75, 3.05) is 26.1 Å². The Balaban J connectivity index is 1.59. The number of thioether (sulfide) groups is 1. The predicted molar refractivity (Wildman–Crippen MR) is 133 cm³/mol. The van der Waals surface area contributed by atoms with Crippen LogP contribution in [0.3, 0.4) is 0 Å². The van der Waals surface area contributed by atoms with E-state index < -0.39 is 17.2 Å². The molecule has 37 heavy (non-hydrogen) atoms. The number of thiophene rings is 1. The van der Waals surface area contributed by atoms with Gasteiger partial charge in [-0.3, -0.25) is 9.59 Å². The summed E-state index contributed by atoms with van der Waals surface area (Å²) in [6, 6.07) is 6.88. The molecule has 0 saturated carbocycles. The zero-order valence-corrected chi connectivity index (χ0v) is 22.4. The Morgan fingerprint density at radius 3 is 2.65 bits per heavy atom. The van der Waals surface area contributed by atoms with Crippen LogP contribution in [0.25, 0.3) is 5.69 Å². The standard InChI is InChI=1S/C24H26N4O7S2/c1-5-17(37-22-24(32)35-26-28(22)14-6-8-15(33-3)9-7-14)20(30)25-21-19(23(31)34-4)16-10-11-27(13(2)29)12-18(16)36-21/h6-9,17H,5,10-12H2,1-4H3,(H-,25,26,30,31,32). The highest BCUT2D eigenvalue weighted by molar-refractivity contribution is 8.00. The minimum absolute atomic E-state index is 0.0565. The van der Waals surface area contributed by atoms with Gasteiger partial charge in [-0.2, -0.15) is 0 Å². The number of methoxy groups -OCH3 is 2. The van der Waals surface area contributed by atoms with E-state index in [1.807, 2.05) is 6.92 Å². The molecule has 3 heterocycles. The summed E-state index contributed by atoms with van der Waals surface area (Å²) in [6.45, 7) is 4.16. The minimum atomic E-state index is -0.685. The Hall–Kier alpha value is -3.58. The molecule has 0 saturated heterocycles. The van der Waals surface area contributed by atoms with Crippen LogP contribution < -0.4 is 19.8 Å². The summed E-state index contributed by atoms with van der Waals surface area (Å²) in [4.78, 5) is 40.3. The van der Waals surface area contributed by atoms with Gasteiger partial charge in [0.1, 0.15) is 10.8 Å². The van der Waals surface area contributed by atoms with E-state index in [1.165, 1.54) is 30.1 Å². The van der Waals surface area contributed by atoms with E-state index in [9.17, 15) is 19.5 Å². The van der Waals surface area contributed by atoms with Gasteiger partial charge in [0.05, 0.1) is 36.8 Å². The van der Waals surface area contributed by atoms with E-state index in [0.717, 1.165) is 22.2 Å². The lowest BCUT2D eigenvalue weighted by Gasteiger charge is -2.25. The molecule has 1 aliphatic heterocycles. The van der Waals surface area contributed by atoms with Crippen LogP contribution in [0.15, 0.2) is 33.8 Å². The second-order valence-electron chi connectivity index (χ2n) is 8.17. The SMILES string of the molecule is CCC(Sc1c([O-])on[n+]1-c1ccc(OC)cc1)C(=O)Nc1sc2c(c1C(=O)OC)CCN(C(C)=O)C2. The van der Waals surface area contributed by atoms with Crippen LogP contribution in [0.4, 0.5) is 5.00 Å². The van der Waals surface area contributed by atoms with Crippen LogP contribution in [0.2, 0.25) is 0 Å². The van der Waals surface area contributed by atoms with Gasteiger partial charge in [-0.1, -0.05) is 6.92 Å². The number of nitrogens with zero attached hydrogens (tertiary/aromatic N) is 3. The number of rotatable bonds is 8. The molecule has 0 spiro atoms. The van der Waals surface area contributed by atoms with Gasteiger partial charge in [0.2, 0.25) is 17.5 Å². The predicted octanol–water partition coefficient (Wildman–Crippen LogP) is 2.30. The average Bonchev–Trinajstić information content (AvgIpc) is 3.45. The van der Waals surface area contributed by atoms with Crippen LogP contribution in [0.1, 0.15) is 41.1 Å². The Labute approximate surface area is 221 Å². The van der Waals surface area contributed by atoms with Crippen molar-refractivity contribution in [3.05, 3.63) is 40.3 Å². The summed E-state index contributed by atoms with van der Waals surface area (Å²) in [7, 11) is 2.84. The van der Waals surface area contributed by atoms with Crippen molar-refractivity contribution in [3.63, 3.8) is 0 Å². The molecule has 3 aromatic rings. The number of amides is 2. The molecule has 0 fully saturated rings.